The van der Waals surface area contributed by atoms with Gasteiger partial charge in [0.05, 0.1) is 12.2 Å². The lowest BCUT2D eigenvalue weighted by atomic mass is 9.97. The molecule has 0 aliphatic carbocycles. The van der Waals surface area contributed by atoms with Crippen LogP contribution in [0.1, 0.15) is 47.5 Å². The van der Waals surface area contributed by atoms with Gasteiger partial charge in [0.2, 0.25) is 5.91 Å². The number of likely N-dealkylation sites (N-methyl/N-ethyl adjacent to an activating group) is 1. The maximum atomic E-state index is 13.1. The quantitative estimate of drug-likeness (QED) is 0.573. The molecule has 1 N–H and O–H groups in total. The van der Waals surface area contributed by atoms with Gasteiger partial charge in [-0.1, -0.05) is 13.0 Å². The number of sulfonamides is 1. The molecule has 0 radical (unpaired) electrons. The molecule has 33 heavy (non-hydrogen) atoms. The highest BCUT2D eigenvalue weighted by Gasteiger charge is 2.34. The minimum absolute atomic E-state index is 0.167. The van der Waals surface area contributed by atoms with Crippen LogP contribution in [-0.4, -0.2) is 62.3 Å². The number of hydrogen-bond acceptors (Lipinski definition) is 8. The van der Waals surface area contributed by atoms with Crippen molar-refractivity contribution in [1.29, 1.82) is 0 Å². The van der Waals surface area contributed by atoms with Crippen molar-refractivity contribution < 1.29 is 22.7 Å². The molecule has 0 aromatic carbocycles. The van der Waals surface area contributed by atoms with E-state index in [0.717, 1.165) is 36.5 Å². The van der Waals surface area contributed by atoms with E-state index in [1.54, 1.807) is 24.4 Å². The van der Waals surface area contributed by atoms with Crippen molar-refractivity contribution >= 4 is 49.6 Å². The number of esters is 1. The average molecular weight is 512 g/mol. The smallest absolute Gasteiger partial charge is 0.341 e. The first kappa shape index (κ1) is 24.3. The fourth-order valence-corrected chi connectivity index (χ4v) is 8.24. The number of amides is 1. The summed E-state index contributed by atoms with van der Waals surface area (Å²) in [6.07, 6.45) is 1.64. The van der Waals surface area contributed by atoms with Gasteiger partial charge in [0, 0.05) is 37.0 Å². The van der Waals surface area contributed by atoms with Gasteiger partial charge >= 0.3 is 5.97 Å². The molecule has 8 nitrogen and oxygen atoms in total. The molecule has 0 unspecified atom stereocenters. The van der Waals surface area contributed by atoms with Gasteiger partial charge in [0.25, 0.3) is 10.0 Å². The van der Waals surface area contributed by atoms with E-state index in [-0.39, 0.29) is 18.4 Å². The van der Waals surface area contributed by atoms with E-state index in [1.165, 1.54) is 27.0 Å². The predicted octanol–water partition coefficient (Wildman–Crippen LogP) is 3.40. The molecule has 2 aromatic heterocycles. The fraction of sp³-hybridized carbons (Fsp3) is 0.545. The summed E-state index contributed by atoms with van der Waals surface area (Å²) in [6, 6.07) is 3.33. The van der Waals surface area contributed by atoms with Gasteiger partial charge in [-0.05, 0) is 49.7 Å². The number of nitrogens with one attached hydrogen (secondary N) is 1. The van der Waals surface area contributed by atoms with E-state index in [2.05, 4.69) is 17.1 Å². The summed E-state index contributed by atoms with van der Waals surface area (Å²) in [5.41, 5.74) is 1.47. The standard InChI is InChI=1S/C22H29N3O5S3/c1-3-24-10-9-16-17(14-24)32-21(19(16)22(27)30-4-2)23-20(26)15-7-11-25(12-8-15)33(28,29)18-6-5-13-31-18/h5-6,13,15H,3-4,7-12,14H2,1-2H3,(H,23,26). The molecule has 4 heterocycles. The summed E-state index contributed by atoms with van der Waals surface area (Å²) in [5.74, 6) is -0.868. The van der Waals surface area contributed by atoms with Crippen LogP contribution in [0.4, 0.5) is 5.00 Å². The van der Waals surface area contributed by atoms with Gasteiger partial charge in [0.15, 0.2) is 0 Å². The molecule has 2 aliphatic heterocycles. The third kappa shape index (κ3) is 5.02. The lowest BCUT2D eigenvalue weighted by Gasteiger charge is -2.30. The Labute approximate surface area is 202 Å². The Kier molecular flexibility index (Phi) is 7.54. The van der Waals surface area contributed by atoms with E-state index >= 15 is 0 Å². The zero-order valence-corrected chi connectivity index (χ0v) is 21.3. The number of ether oxygens (including phenoxy) is 1. The SMILES string of the molecule is CCOC(=O)c1c(NC(=O)C2CCN(S(=O)(=O)c3cccs3)CC2)sc2c1CCN(CC)C2. The van der Waals surface area contributed by atoms with E-state index in [0.29, 0.717) is 40.7 Å². The van der Waals surface area contributed by atoms with E-state index < -0.39 is 16.0 Å². The third-order valence-electron chi connectivity index (χ3n) is 6.21. The van der Waals surface area contributed by atoms with Crippen LogP contribution in [0.5, 0.6) is 0 Å². The Morgan fingerprint density at radius 1 is 1.21 bits per heavy atom. The second-order valence-corrected chi connectivity index (χ2v) is 12.4. The molecular formula is C22H29N3O5S3. The molecule has 1 amide bonds. The Hall–Kier alpha value is -1.79. The van der Waals surface area contributed by atoms with Crippen LogP contribution in [0.3, 0.4) is 0 Å². The van der Waals surface area contributed by atoms with Gasteiger partial charge in [-0.2, -0.15) is 4.31 Å². The number of hydrogen-bond donors (Lipinski definition) is 1. The predicted molar refractivity (Wildman–Crippen MR) is 129 cm³/mol. The van der Waals surface area contributed by atoms with Crippen LogP contribution in [0.2, 0.25) is 0 Å². The molecule has 4 rings (SSSR count). The van der Waals surface area contributed by atoms with Gasteiger partial charge in [-0.3, -0.25) is 9.69 Å². The van der Waals surface area contributed by atoms with E-state index in [9.17, 15) is 18.0 Å². The normalized spacial score (nSPS) is 18.1. The van der Waals surface area contributed by atoms with Crippen LogP contribution in [-0.2, 0) is 32.5 Å². The summed E-state index contributed by atoms with van der Waals surface area (Å²) < 4.78 is 32.6. The molecule has 1 fully saturated rings. The summed E-state index contributed by atoms with van der Waals surface area (Å²) >= 11 is 2.65. The van der Waals surface area contributed by atoms with Crippen molar-refractivity contribution in [2.45, 2.75) is 43.9 Å². The highest BCUT2D eigenvalue weighted by atomic mass is 32.2. The summed E-state index contributed by atoms with van der Waals surface area (Å²) in [5, 5.41) is 5.28. The number of piperidine rings is 1. The van der Waals surface area contributed by atoms with Gasteiger partial charge in [-0.15, -0.1) is 22.7 Å². The molecule has 0 saturated carbocycles. The van der Waals surface area contributed by atoms with E-state index in [4.69, 9.17) is 4.74 Å². The van der Waals surface area contributed by atoms with Gasteiger partial charge in [-0.25, -0.2) is 13.2 Å². The van der Waals surface area contributed by atoms with Crippen molar-refractivity contribution in [1.82, 2.24) is 9.21 Å². The van der Waals surface area contributed by atoms with Crippen molar-refractivity contribution in [2.24, 2.45) is 5.92 Å². The minimum atomic E-state index is -3.50. The summed E-state index contributed by atoms with van der Waals surface area (Å²) in [6.45, 7) is 7.32. The molecule has 2 aromatic rings. The van der Waals surface area contributed by atoms with Crippen LogP contribution in [0, 0.1) is 5.92 Å². The van der Waals surface area contributed by atoms with Crippen LogP contribution in [0.15, 0.2) is 21.7 Å². The first-order chi connectivity index (χ1) is 15.8. The van der Waals surface area contributed by atoms with Crippen molar-refractivity contribution in [3.05, 3.63) is 33.5 Å². The molecule has 0 atom stereocenters. The van der Waals surface area contributed by atoms with Crippen LogP contribution < -0.4 is 5.32 Å². The van der Waals surface area contributed by atoms with Crippen molar-refractivity contribution in [3.8, 4) is 0 Å². The van der Waals surface area contributed by atoms with Crippen molar-refractivity contribution in [2.75, 3.05) is 38.1 Å². The Morgan fingerprint density at radius 3 is 2.61 bits per heavy atom. The second kappa shape index (κ2) is 10.2. The lowest BCUT2D eigenvalue weighted by molar-refractivity contribution is -0.120. The topological polar surface area (TPSA) is 96.0 Å². The maximum absolute atomic E-state index is 13.1. The molecule has 1 saturated heterocycles. The Morgan fingerprint density at radius 2 is 1.97 bits per heavy atom. The Balaban J connectivity index is 1.46. The number of fused-ring (bicyclic) bond motifs is 1. The van der Waals surface area contributed by atoms with Crippen LogP contribution >= 0.6 is 22.7 Å². The summed E-state index contributed by atoms with van der Waals surface area (Å²) in [7, 11) is -3.50. The monoisotopic (exact) mass is 511 g/mol. The number of rotatable bonds is 7. The first-order valence-corrected chi connectivity index (χ1v) is 14.4. The van der Waals surface area contributed by atoms with Gasteiger partial charge < -0.3 is 10.1 Å². The largest absolute Gasteiger partial charge is 0.462 e. The molecule has 180 valence electrons. The number of anilines is 1. The molecule has 0 spiro atoms. The maximum Gasteiger partial charge on any atom is 0.341 e. The highest BCUT2D eigenvalue weighted by Crippen LogP contribution is 2.38. The zero-order chi connectivity index (χ0) is 23.6. The minimum Gasteiger partial charge on any atom is -0.462 e. The summed E-state index contributed by atoms with van der Waals surface area (Å²) in [4.78, 5) is 29.2. The third-order valence-corrected chi connectivity index (χ3v) is 10.6. The zero-order valence-electron chi connectivity index (χ0n) is 18.8. The molecule has 11 heteroatoms. The van der Waals surface area contributed by atoms with Gasteiger partial charge in [0.1, 0.15) is 9.21 Å². The average Bonchev–Trinajstić information content (AvgIpc) is 3.47. The van der Waals surface area contributed by atoms with Crippen molar-refractivity contribution in [3.63, 3.8) is 0 Å². The number of carbonyl (C=O) groups is 2. The first-order valence-electron chi connectivity index (χ1n) is 11.2. The number of carbonyl (C=O) groups excluding carboxylic acids is 2. The Bertz CT molecular complexity index is 1100. The number of thiophene rings is 2. The van der Waals surface area contributed by atoms with Crippen LogP contribution in [0.25, 0.3) is 0 Å². The molecule has 0 bridgehead atoms. The number of nitrogens with zero attached hydrogens (tertiary/aromatic N) is 2. The second-order valence-electron chi connectivity index (χ2n) is 8.15. The highest BCUT2D eigenvalue weighted by molar-refractivity contribution is 7.91. The van der Waals surface area contributed by atoms with E-state index in [1.807, 2.05) is 0 Å². The fourth-order valence-electron chi connectivity index (χ4n) is 4.34. The molecular weight excluding hydrogens is 482 g/mol. The molecule has 2 aliphatic rings. The lowest BCUT2D eigenvalue weighted by Crippen LogP contribution is -2.41.